The number of aromatic amines is 2. The Morgan fingerprint density at radius 1 is 0.920 bits per heavy atom. The first kappa shape index (κ1) is 14.6. The van der Waals surface area contributed by atoms with Crippen molar-refractivity contribution in [2.45, 2.75) is 16.2 Å². The Hall–Kier alpha value is -2.73. The molecule has 2 aliphatic heterocycles. The molecule has 2 aromatic carbocycles. The van der Waals surface area contributed by atoms with Gasteiger partial charge in [0.05, 0.1) is 21.9 Å². The average Bonchev–Trinajstić information content (AvgIpc) is 3.01. The number of H-pyrrole nitrogens is 2. The van der Waals surface area contributed by atoms with Crippen LogP contribution >= 0.6 is 11.8 Å². The summed E-state index contributed by atoms with van der Waals surface area (Å²) < 4.78 is 5.62. The van der Waals surface area contributed by atoms with Crippen molar-refractivity contribution >= 4 is 17.7 Å². The third kappa shape index (κ3) is 2.17. The van der Waals surface area contributed by atoms with Gasteiger partial charge in [-0.15, -0.1) is 0 Å². The third-order valence-electron chi connectivity index (χ3n) is 4.83. The number of hydrogen-bond donors (Lipinski definition) is 2. The Balaban J connectivity index is 1.75. The first-order valence-electron chi connectivity index (χ1n) is 8.07. The van der Waals surface area contributed by atoms with Gasteiger partial charge in [0, 0.05) is 11.5 Å². The Bertz CT molecular complexity index is 1020. The number of rotatable bonds is 1. The van der Waals surface area contributed by atoms with Crippen molar-refractivity contribution in [3.8, 4) is 5.75 Å². The van der Waals surface area contributed by atoms with Crippen LogP contribution in [0.25, 0.3) is 0 Å². The number of hydrogen-bond acceptors (Lipinski definition) is 4. The summed E-state index contributed by atoms with van der Waals surface area (Å²) in [7, 11) is 0. The molecule has 0 spiro atoms. The van der Waals surface area contributed by atoms with Gasteiger partial charge in [-0.2, -0.15) is 0 Å². The fraction of sp³-hybridized carbons (Fsp3) is 0.158. The molecule has 25 heavy (non-hydrogen) atoms. The Morgan fingerprint density at radius 2 is 1.68 bits per heavy atom. The van der Waals surface area contributed by atoms with Gasteiger partial charge >= 0.3 is 11.7 Å². The van der Waals surface area contributed by atoms with Gasteiger partial charge in [-0.3, -0.25) is 4.79 Å². The largest absolute Gasteiger partial charge is 0.426 e. The van der Waals surface area contributed by atoms with E-state index in [2.05, 4.69) is 9.97 Å². The van der Waals surface area contributed by atoms with Crippen LogP contribution in [0.1, 0.15) is 28.0 Å². The van der Waals surface area contributed by atoms with E-state index in [0.29, 0.717) is 5.75 Å². The molecule has 5 nitrogen and oxygen atoms in total. The zero-order chi connectivity index (χ0) is 17.0. The summed E-state index contributed by atoms with van der Waals surface area (Å²) in [4.78, 5) is 30.5. The lowest BCUT2D eigenvalue weighted by Crippen LogP contribution is -2.38. The summed E-state index contributed by atoms with van der Waals surface area (Å²) in [5.74, 6) is -0.294. The number of fused-ring (bicyclic) bond motifs is 5. The van der Waals surface area contributed by atoms with Crippen LogP contribution in [0.4, 0.5) is 0 Å². The molecular weight excluding hydrogens is 336 g/mol. The highest BCUT2D eigenvalue weighted by Gasteiger charge is 2.49. The molecule has 3 atom stereocenters. The third-order valence-corrected chi connectivity index (χ3v) is 6.20. The molecule has 0 amide bonds. The predicted molar refractivity (Wildman–Crippen MR) is 93.9 cm³/mol. The zero-order valence-electron chi connectivity index (χ0n) is 13.1. The van der Waals surface area contributed by atoms with Gasteiger partial charge in [0.15, 0.2) is 0 Å². The lowest BCUT2D eigenvalue weighted by atomic mass is 9.77. The molecule has 2 N–H and O–H groups in total. The summed E-state index contributed by atoms with van der Waals surface area (Å²) in [5, 5.41) is 0.676. The van der Waals surface area contributed by atoms with Crippen LogP contribution < -0.4 is 10.4 Å². The number of esters is 1. The Kier molecular flexibility index (Phi) is 3.15. The second-order valence-corrected chi connectivity index (χ2v) is 7.39. The van der Waals surface area contributed by atoms with E-state index in [1.807, 2.05) is 48.5 Å². The number of ether oxygens (including phenoxy) is 1. The molecule has 0 unspecified atom stereocenters. The summed E-state index contributed by atoms with van der Waals surface area (Å²) in [6, 6.07) is 17.4. The van der Waals surface area contributed by atoms with E-state index in [1.54, 1.807) is 6.07 Å². The molecule has 0 radical (unpaired) electrons. The second-order valence-electron chi connectivity index (χ2n) is 6.23. The van der Waals surface area contributed by atoms with Crippen molar-refractivity contribution in [1.29, 1.82) is 0 Å². The lowest BCUT2D eigenvalue weighted by Gasteiger charge is -2.39. The van der Waals surface area contributed by atoms with Gasteiger partial charge < -0.3 is 14.7 Å². The highest BCUT2D eigenvalue weighted by atomic mass is 32.2. The quantitative estimate of drug-likeness (QED) is 0.522. The number of para-hydroxylation sites is 1. The molecular formula is C19H14N2O3S. The van der Waals surface area contributed by atoms with Gasteiger partial charge in [0.1, 0.15) is 5.75 Å². The summed E-state index contributed by atoms with van der Waals surface area (Å²) in [6.07, 6.45) is 0. The molecule has 0 saturated carbocycles. The molecule has 6 heteroatoms. The van der Waals surface area contributed by atoms with Crippen molar-refractivity contribution < 1.29 is 9.53 Å². The lowest BCUT2D eigenvalue weighted by molar-refractivity contribution is -0.141. The maximum absolute atomic E-state index is 12.9. The Morgan fingerprint density at radius 3 is 2.52 bits per heavy atom. The summed E-state index contributed by atoms with van der Waals surface area (Å²) in [5.41, 5.74) is 2.51. The molecule has 0 fully saturated rings. The second kappa shape index (κ2) is 5.39. The highest BCUT2D eigenvalue weighted by Crippen LogP contribution is 2.57. The molecule has 124 valence electrons. The van der Waals surface area contributed by atoms with E-state index in [-0.39, 0.29) is 28.7 Å². The Labute approximate surface area is 147 Å². The van der Waals surface area contributed by atoms with Crippen LogP contribution in [0.3, 0.4) is 0 Å². The normalized spacial score (nSPS) is 24.0. The van der Waals surface area contributed by atoms with E-state index < -0.39 is 0 Å². The van der Waals surface area contributed by atoms with Crippen molar-refractivity contribution in [1.82, 2.24) is 9.97 Å². The van der Waals surface area contributed by atoms with Crippen LogP contribution in [0.15, 0.2) is 64.4 Å². The molecule has 3 aromatic rings. The van der Waals surface area contributed by atoms with Crippen molar-refractivity contribution in [2.75, 3.05) is 0 Å². The minimum atomic E-state index is -0.388. The van der Waals surface area contributed by atoms with E-state index in [1.165, 1.54) is 11.8 Å². The predicted octanol–water partition coefficient (Wildman–Crippen LogP) is 3.22. The summed E-state index contributed by atoms with van der Waals surface area (Å²) >= 11 is 1.51. The number of carbonyl (C=O) groups excluding carboxylic acids is 1. The molecule has 3 heterocycles. The van der Waals surface area contributed by atoms with Gasteiger partial charge in [-0.05, 0) is 11.6 Å². The molecule has 0 saturated heterocycles. The SMILES string of the molecule is O=C1Oc2ccccc2[C@H]2c3[nH]c(=O)[nH]c3S[C@H](c3ccccc3)[C@H]12. The molecule has 1 aromatic heterocycles. The minimum absolute atomic E-state index is 0.119. The number of thioether (sulfide) groups is 1. The minimum Gasteiger partial charge on any atom is -0.426 e. The molecule has 0 aliphatic carbocycles. The molecule has 5 rings (SSSR count). The molecule has 0 bridgehead atoms. The zero-order valence-corrected chi connectivity index (χ0v) is 13.9. The first-order chi connectivity index (χ1) is 12.2. The standard InChI is InChI=1S/C19H14N2O3S/c22-18-14-13(11-8-4-5-9-12(11)24-18)15-17(21-19(23)20-15)25-16(14)10-6-2-1-3-7-10/h1-9,13-14,16H,(H2,20,21,23)/t13-,14-,16-/m1/s1. The highest BCUT2D eigenvalue weighted by molar-refractivity contribution is 7.99. The maximum atomic E-state index is 12.9. The smallest absolute Gasteiger partial charge is 0.323 e. The van der Waals surface area contributed by atoms with Crippen LogP contribution in [0, 0.1) is 5.92 Å². The fourth-order valence-corrected chi connectivity index (χ4v) is 5.20. The molecule has 2 aliphatic rings. The van der Waals surface area contributed by atoms with Gasteiger partial charge in [-0.1, -0.05) is 60.3 Å². The van der Waals surface area contributed by atoms with Crippen LogP contribution in [-0.2, 0) is 4.79 Å². The average molecular weight is 350 g/mol. The van der Waals surface area contributed by atoms with E-state index in [0.717, 1.165) is 21.8 Å². The van der Waals surface area contributed by atoms with Crippen LogP contribution in [0.2, 0.25) is 0 Å². The van der Waals surface area contributed by atoms with Crippen molar-refractivity contribution in [2.24, 2.45) is 5.92 Å². The monoisotopic (exact) mass is 350 g/mol. The number of carbonyl (C=O) groups is 1. The van der Waals surface area contributed by atoms with Crippen molar-refractivity contribution in [3.63, 3.8) is 0 Å². The van der Waals surface area contributed by atoms with E-state index in [4.69, 9.17) is 4.74 Å². The summed E-state index contributed by atoms with van der Waals surface area (Å²) in [6.45, 7) is 0. The van der Waals surface area contributed by atoms with Crippen LogP contribution in [-0.4, -0.2) is 15.9 Å². The van der Waals surface area contributed by atoms with Gasteiger partial charge in [-0.25, -0.2) is 4.79 Å². The van der Waals surface area contributed by atoms with Crippen LogP contribution in [0.5, 0.6) is 5.75 Å². The number of aromatic nitrogens is 2. The number of benzene rings is 2. The first-order valence-corrected chi connectivity index (χ1v) is 8.95. The fourth-order valence-electron chi connectivity index (χ4n) is 3.78. The van der Waals surface area contributed by atoms with E-state index >= 15 is 0 Å². The van der Waals surface area contributed by atoms with Gasteiger partial charge in [0.2, 0.25) is 0 Å². The van der Waals surface area contributed by atoms with E-state index in [9.17, 15) is 9.59 Å². The topological polar surface area (TPSA) is 75.0 Å². The number of imidazole rings is 1. The van der Waals surface area contributed by atoms with Crippen molar-refractivity contribution in [3.05, 3.63) is 81.9 Å². The van der Waals surface area contributed by atoms with Gasteiger partial charge in [0.25, 0.3) is 0 Å². The maximum Gasteiger partial charge on any atom is 0.323 e. The number of nitrogens with one attached hydrogen (secondary N) is 2.